The number of carboxylic acid groups (broad SMARTS) is 1. The molecule has 0 fully saturated rings. The molecule has 0 radical (unpaired) electrons. The van der Waals surface area contributed by atoms with Crippen LogP contribution in [0.5, 0.6) is 5.75 Å². The van der Waals surface area contributed by atoms with Crippen molar-refractivity contribution < 1.29 is 36.8 Å². The maximum Gasteiger partial charge on any atom is 0.358 e. The molecular weight excluding hydrogens is 399 g/mol. The Morgan fingerprint density at radius 2 is 1.84 bits per heavy atom. The van der Waals surface area contributed by atoms with Gasteiger partial charge in [0.2, 0.25) is 0 Å². The second-order valence-electron chi connectivity index (χ2n) is 4.48. The van der Waals surface area contributed by atoms with E-state index in [0.717, 1.165) is 0 Å². The Morgan fingerprint density at radius 3 is 2.32 bits per heavy atom. The first-order chi connectivity index (χ1) is 11.7. The maximum atomic E-state index is 11.4. The van der Waals surface area contributed by atoms with E-state index >= 15 is 0 Å². The van der Waals surface area contributed by atoms with Crippen LogP contribution in [0.25, 0.3) is 0 Å². The molecular formula is C14H15AsN2O8. The molecule has 5 N–H and O–H groups in total. The third-order valence-corrected chi connectivity index (χ3v) is 5.18. The monoisotopic (exact) mass is 414 g/mol. The summed E-state index contributed by atoms with van der Waals surface area (Å²) in [5, 5.41) is 27.9. The van der Waals surface area contributed by atoms with Crippen molar-refractivity contribution in [3.05, 3.63) is 48.3 Å². The van der Waals surface area contributed by atoms with Gasteiger partial charge in [-0.2, -0.15) is 0 Å². The number of amides is 1. The number of nitrogens with one attached hydrogen (secondary N) is 1. The van der Waals surface area contributed by atoms with Crippen molar-refractivity contribution in [1.29, 1.82) is 0 Å². The standard InChI is InChI=1S/C8H10AsNO5.C6H5NO3/c1-6(11)10-8-5-3-2-4-7(8)9(12,13)15-14;8-4-2-1-3-7-5(4)6(9)10/h2-5,14H,1H3,(H,10,11)(H,12,13);1-3,8H,(H,9,10). The van der Waals surface area contributed by atoms with E-state index in [1.807, 2.05) is 0 Å². The number of aromatic hydroxyl groups is 1. The van der Waals surface area contributed by atoms with E-state index in [2.05, 4.69) is 14.2 Å². The van der Waals surface area contributed by atoms with Gasteiger partial charge >= 0.3 is 94.4 Å². The summed E-state index contributed by atoms with van der Waals surface area (Å²) in [7, 11) is 0. The van der Waals surface area contributed by atoms with Crippen LogP contribution in [-0.2, 0) is 12.4 Å². The number of hydrogen-bond donors (Lipinski definition) is 5. The first-order valence-corrected chi connectivity index (χ1v) is 9.90. The van der Waals surface area contributed by atoms with Gasteiger partial charge in [-0.3, -0.25) is 0 Å². The van der Waals surface area contributed by atoms with Crippen molar-refractivity contribution >= 4 is 36.1 Å². The summed E-state index contributed by atoms with van der Waals surface area (Å²) in [6.07, 6.45) is 1.31. The molecule has 2 aromatic rings. The number of anilines is 1. The van der Waals surface area contributed by atoms with Gasteiger partial charge in [0.25, 0.3) is 0 Å². The first-order valence-electron chi connectivity index (χ1n) is 6.59. The van der Waals surface area contributed by atoms with E-state index in [1.165, 1.54) is 43.5 Å². The number of rotatable bonds is 4. The second kappa shape index (κ2) is 8.99. The first kappa shape index (κ1) is 20.4. The Balaban J connectivity index is 0.000000271. The molecule has 0 bridgehead atoms. The number of aromatic carboxylic acids is 1. The summed E-state index contributed by atoms with van der Waals surface area (Å²) >= 11 is -4.92. The van der Waals surface area contributed by atoms with Crippen molar-refractivity contribution in [3.63, 3.8) is 0 Å². The van der Waals surface area contributed by atoms with Gasteiger partial charge in [-0.15, -0.1) is 0 Å². The molecule has 0 spiro atoms. The minimum absolute atomic E-state index is 0.103. The van der Waals surface area contributed by atoms with E-state index in [-0.39, 0.29) is 27.4 Å². The minimum atomic E-state index is -4.92. The normalized spacial score (nSPS) is 12.3. The quantitative estimate of drug-likeness (QED) is 0.267. The Labute approximate surface area is 144 Å². The van der Waals surface area contributed by atoms with Crippen LogP contribution in [0, 0.1) is 0 Å². The maximum absolute atomic E-state index is 11.4. The van der Waals surface area contributed by atoms with Gasteiger partial charge in [-0.1, -0.05) is 0 Å². The fourth-order valence-corrected chi connectivity index (χ4v) is 3.29. The van der Waals surface area contributed by atoms with Gasteiger partial charge in [-0.25, -0.2) is 9.78 Å². The summed E-state index contributed by atoms with van der Waals surface area (Å²) in [6.45, 7) is 1.27. The predicted octanol–water partition coefficient (Wildman–Crippen LogP) is 0.189. The molecule has 1 amide bonds. The zero-order valence-electron chi connectivity index (χ0n) is 12.9. The van der Waals surface area contributed by atoms with Gasteiger partial charge in [0.1, 0.15) is 5.75 Å². The molecule has 134 valence electrons. The summed E-state index contributed by atoms with van der Waals surface area (Å²) in [6, 6.07) is 8.57. The van der Waals surface area contributed by atoms with Crippen LogP contribution in [-0.4, -0.2) is 50.6 Å². The number of benzene rings is 1. The van der Waals surface area contributed by atoms with Gasteiger partial charge in [-0.05, 0) is 12.1 Å². The molecule has 0 aliphatic carbocycles. The Bertz CT molecular complexity index is 811. The molecule has 1 heterocycles. The third kappa shape index (κ3) is 6.05. The number of hydrogen-bond acceptors (Lipinski definition) is 7. The van der Waals surface area contributed by atoms with E-state index in [9.17, 15) is 17.4 Å². The molecule has 1 aromatic carbocycles. The average Bonchev–Trinajstić information content (AvgIpc) is 2.55. The van der Waals surface area contributed by atoms with E-state index in [0.29, 0.717) is 0 Å². The van der Waals surface area contributed by atoms with E-state index < -0.39 is 20.1 Å². The molecule has 1 unspecified atom stereocenters. The molecule has 0 aliphatic heterocycles. The smallest absolute Gasteiger partial charge is 0.358 e. The van der Waals surface area contributed by atoms with Crippen LogP contribution in [0.1, 0.15) is 17.4 Å². The predicted molar refractivity (Wildman–Crippen MR) is 85.6 cm³/mol. The molecule has 1 atom stereocenters. The fourth-order valence-electron chi connectivity index (χ4n) is 1.62. The number of aromatic nitrogens is 1. The van der Waals surface area contributed by atoms with Crippen LogP contribution >= 0.6 is 0 Å². The number of pyridine rings is 1. The molecule has 11 heteroatoms. The third-order valence-electron chi connectivity index (χ3n) is 2.62. The minimum Gasteiger partial charge on any atom is -0.505 e. The van der Waals surface area contributed by atoms with Crippen LogP contribution in [0.2, 0.25) is 0 Å². The second-order valence-corrected chi connectivity index (χ2v) is 8.01. The molecule has 0 aliphatic rings. The number of nitrogens with zero attached hydrogens (tertiary/aromatic N) is 1. The summed E-state index contributed by atoms with van der Waals surface area (Å²) in [5.41, 5.74) is -0.161. The van der Waals surface area contributed by atoms with Crippen molar-refractivity contribution in [2.75, 3.05) is 5.32 Å². The summed E-state index contributed by atoms with van der Waals surface area (Å²) in [4.78, 5) is 24.4. The zero-order valence-corrected chi connectivity index (χ0v) is 14.7. The van der Waals surface area contributed by atoms with Crippen molar-refractivity contribution in [3.8, 4) is 5.75 Å². The van der Waals surface area contributed by atoms with Gasteiger partial charge in [0.15, 0.2) is 5.69 Å². The summed E-state index contributed by atoms with van der Waals surface area (Å²) in [5.74, 6) is -1.91. The number of carbonyl (C=O) groups excluding carboxylic acids is 1. The number of para-hydroxylation sites is 1. The van der Waals surface area contributed by atoms with Crippen LogP contribution in [0.15, 0.2) is 42.6 Å². The summed E-state index contributed by atoms with van der Waals surface area (Å²) < 4.78 is 24.1. The van der Waals surface area contributed by atoms with E-state index in [4.69, 9.17) is 15.5 Å². The Hall–Kier alpha value is -2.65. The van der Waals surface area contributed by atoms with Crippen molar-refractivity contribution in [1.82, 2.24) is 4.98 Å². The van der Waals surface area contributed by atoms with Crippen molar-refractivity contribution in [2.24, 2.45) is 0 Å². The number of carboxylic acids is 1. The molecule has 0 saturated carbocycles. The molecule has 10 nitrogen and oxygen atoms in total. The van der Waals surface area contributed by atoms with Crippen molar-refractivity contribution in [2.45, 2.75) is 6.92 Å². The van der Waals surface area contributed by atoms with Gasteiger partial charge < -0.3 is 10.2 Å². The molecule has 25 heavy (non-hydrogen) atoms. The van der Waals surface area contributed by atoms with Gasteiger partial charge in [0, 0.05) is 6.20 Å². The number of carbonyl (C=O) groups is 2. The molecule has 2 rings (SSSR count). The van der Waals surface area contributed by atoms with Gasteiger partial charge in [0.05, 0.1) is 0 Å². The Morgan fingerprint density at radius 1 is 1.20 bits per heavy atom. The average molecular weight is 414 g/mol. The molecule has 0 saturated heterocycles. The van der Waals surface area contributed by atoms with Crippen LogP contribution in [0.4, 0.5) is 5.69 Å². The van der Waals surface area contributed by atoms with Crippen LogP contribution < -0.4 is 9.67 Å². The zero-order chi connectivity index (χ0) is 19.0. The molecule has 1 aromatic heterocycles. The van der Waals surface area contributed by atoms with E-state index in [1.54, 1.807) is 6.07 Å². The van der Waals surface area contributed by atoms with Crippen LogP contribution in [0.3, 0.4) is 0 Å². The largest absolute Gasteiger partial charge is 0.505 e. The SMILES string of the molecule is CC(=O)Nc1ccccc1[As](=O)(O)OO.O=C(O)c1ncccc1O. The topological polar surface area (TPSA) is 166 Å². The fraction of sp³-hybridized carbons (Fsp3) is 0.0714. The Kier molecular flexibility index (Phi) is 7.34.